The molecular formula is C29H33F6N5O8. The number of H-pyrrole nitrogens is 1. The number of methoxy groups -OCH3 is 1. The molecule has 19 heteroatoms. The van der Waals surface area contributed by atoms with Crippen molar-refractivity contribution in [2.24, 2.45) is 0 Å². The summed E-state index contributed by atoms with van der Waals surface area (Å²) in [4.78, 5) is 34.7. The van der Waals surface area contributed by atoms with Crippen LogP contribution in [0.3, 0.4) is 0 Å². The first-order valence-corrected chi connectivity index (χ1v) is 13.8. The number of amides is 2. The van der Waals surface area contributed by atoms with Crippen LogP contribution in [0.1, 0.15) is 5.56 Å². The van der Waals surface area contributed by atoms with Gasteiger partial charge in [-0.05, 0) is 35.4 Å². The number of nitrogens with one attached hydrogen (secondary N) is 2. The molecule has 48 heavy (non-hydrogen) atoms. The van der Waals surface area contributed by atoms with Gasteiger partial charge in [-0.2, -0.15) is 31.4 Å². The molecular weight excluding hydrogens is 660 g/mol. The number of urea groups is 1. The minimum atomic E-state index is -5.08. The number of hydrogen-bond acceptors (Lipinski definition) is 8. The van der Waals surface area contributed by atoms with E-state index in [1.807, 2.05) is 48.7 Å². The summed E-state index contributed by atoms with van der Waals surface area (Å²) >= 11 is 0. The highest BCUT2D eigenvalue weighted by Gasteiger charge is 2.38. The van der Waals surface area contributed by atoms with Gasteiger partial charge in [0.15, 0.2) is 0 Å². The van der Waals surface area contributed by atoms with Gasteiger partial charge in [0.25, 0.3) is 0 Å². The fourth-order valence-electron chi connectivity index (χ4n) is 3.77. The largest absolute Gasteiger partial charge is 0.497 e. The van der Waals surface area contributed by atoms with Crippen LogP contribution in [0.2, 0.25) is 0 Å². The molecule has 1 aliphatic heterocycles. The van der Waals surface area contributed by atoms with E-state index in [4.69, 9.17) is 34.0 Å². The summed E-state index contributed by atoms with van der Waals surface area (Å²) in [5.41, 5.74) is 3.51. The first-order chi connectivity index (χ1) is 22.5. The van der Waals surface area contributed by atoms with Crippen molar-refractivity contribution in [1.82, 2.24) is 20.0 Å². The maximum atomic E-state index is 12.9. The first-order valence-electron chi connectivity index (χ1n) is 13.8. The zero-order chi connectivity index (χ0) is 35.9. The zero-order valence-electron chi connectivity index (χ0n) is 25.6. The molecule has 0 radical (unpaired) electrons. The average Bonchev–Trinajstić information content (AvgIpc) is 3.57. The molecule has 0 atom stereocenters. The second-order valence-electron chi connectivity index (χ2n) is 9.74. The lowest BCUT2D eigenvalue weighted by molar-refractivity contribution is -0.193. The lowest BCUT2D eigenvalue weighted by Crippen LogP contribution is -2.38. The Morgan fingerprint density at radius 3 is 2.17 bits per heavy atom. The highest BCUT2D eigenvalue weighted by molar-refractivity contribution is 5.91. The number of hydrogen-bond donors (Lipinski definition) is 4. The number of nitrogens with zero attached hydrogens (tertiary/aromatic N) is 3. The van der Waals surface area contributed by atoms with E-state index in [9.17, 15) is 31.1 Å². The van der Waals surface area contributed by atoms with Crippen molar-refractivity contribution in [3.05, 3.63) is 60.4 Å². The van der Waals surface area contributed by atoms with Crippen LogP contribution in [0.5, 0.6) is 11.5 Å². The van der Waals surface area contributed by atoms with Crippen molar-refractivity contribution in [1.29, 1.82) is 0 Å². The van der Waals surface area contributed by atoms with Crippen molar-refractivity contribution in [3.8, 4) is 22.6 Å². The third-order valence-corrected chi connectivity index (χ3v) is 6.21. The number of ether oxygens (including phenoxy) is 3. The Balaban J connectivity index is 0.000000479. The van der Waals surface area contributed by atoms with Crippen LogP contribution in [-0.4, -0.2) is 114 Å². The second-order valence-corrected chi connectivity index (χ2v) is 9.74. The summed E-state index contributed by atoms with van der Waals surface area (Å²) in [6.07, 6.45) is -6.58. The molecule has 1 saturated heterocycles. The predicted octanol–water partition coefficient (Wildman–Crippen LogP) is 4.73. The molecule has 3 aromatic rings. The van der Waals surface area contributed by atoms with Crippen molar-refractivity contribution in [2.75, 3.05) is 58.9 Å². The van der Waals surface area contributed by atoms with Crippen LogP contribution >= 0.6 is 0 Å². The molecule has 0 spiro atoms. The number of carboxylic acids is 2. The van der Waals surface area contributed by atoms with Crippen LogP contribution in [0.25, 0.3) is 11.1 Å². The molecule has 2 heterocycles. The Kier molecular flexibility index (Phi) is 15.0. The average molecular weight is 694 g/mol. The topological polar surface area (TPSA) is 167 Å². The molecule has 2 aromatic carbocycles. The quantitative estimate of drug-likeness (QED) is 0.230. The highest BCUT2D eigenvalue weighted by Crippen LogP contribution is 2.31. The Morgan fingerprint density at radius 1 is 1.00 bits per heavy atom. The van der Waals surface area contributed by atoms with E-state index in [0.29, 0.717) is 24.6 Å². The third-order valence-electron chi connectivity index (χ3n) is 6.21. The van der Waals surface area contributed by atoms with Gasteiger partial charge in [0, 0.05) is 45.0 Å². The number of aromatic nitrogens is 2. The van der Waals surface area contributed by atoms with Gasteiger partial charge in [-0.15, -0.1) is 0 Å². The highest BCUT2D eigenvalue weighted by atomic mass is 19.4. The van der Waals surface area contributed by atoms with E-state index in [1.54, 1.807) is 25.3 Å². The standard InChI is InChI=1S/C25H31N5O4.2C2HF3O2/c1-29(18-19-4-3-5-22(14-19)32-2)25(31)28-23-7-6-20(21-16-26-27-17-21)15-24(23)34-13-10-30-8-11-33-12-9-30;2*3-2(4,5)1(6)7/h3-7,14-17H,8-13,18H2,1-2H3,(H,26,27)(H,28,31);2*(H,6,7). The number of morpholine rings is 1. The Labute approximate surface area is 270 Å². The SMILES string of the molecule is COc1cccc(CN(C)C(=O)Nc2ccc(-c3cn[nH]c3)cc2OCCN2CCOCC2)c1.O=C(O)C(F)(F)F.O=C(O)C(F)(F)F. The molecule has 264 valence electrons. The maximum Gasteiger partial charge on any atom is 0.490 e. The van der Waals surface area contributed by atoms with Gasteiger partial charge in [-0.3, -0.25) is 10.00 Å². The molecule has 4 rings (SSSR count). The van der Waals surface area contributed by atoms with Crippen molar-refractivity contribution < 1.29 is 65.1 Å². The van der Waals surface area contributed by atoms with Gasteiger partial charge in [-0.1, -0.05) is 18.2 Å². The summed E-state index contributed by atoms with van der Waals surface area (Å²) in [6, 6.07) is 13.2. The lowest BCUT2D eigenvalue weighted by atomic mass is 10.1. The van der Waals surface area contributed by atoms with Crippen LogP contribution in [0, 0.1) is 0 Å². The van der Waals surface area contributed by atoms with E-state index < -0.39 is 24.3 Å². The molecule has 1 aromatic heterocycles. The molecule has 1 fully saturated rings. The Hall–Kier alpha value is -5.04. The number of anilines is 1. The monoisotopic (exact) mass is 693 g/mol. The van der Waals surface area contributed by atoms with Gasteiger partial charge >= 0.3 is 30.3 Å². The molecule has 0 unspecified atom stereocenters. The molecule has 0 aliphatic carbocycles. The smallest absolute Gasteiger partial charge is 0.490 e. The van der Waals surface area contributed by atoms with E-state index in [-0.39, 0.29) is 6.03 Å². The predicted molar refractivity (Wildman–Crippen MR) is 158 cm³/mol. The van der Waals surface area contributed by atoms with Crippen molar-refractivity contribution in [3.63, 3.8) is 0 Å². The number of halogens is 6. The molecule has 1 aliphatic rings. The first kappa shape index (κ1) is 39.1. The van der Waals surface area contributed by atoms with E-state index in [1.165, 1.54) is 0 Å². The number of aromatic amines is 1. The second kappa shape index (κ2) is 18.3. The molecule has 13 nitrogen and oxygen atoms in total. The molecule has 4 N–H and O–H groups in total. The summed E-state index contributed by atoms with van der Waals surface area (Å²) in [5, 5.41) is 24.1. The lowest BCUT2D eigenvalue weighted by Gasteiger charge is -2.26. The zero-order valence-corrected chi connectivity index (χ0v) is 25.6. The maximum absolute atomic E-state index is 12.9. The number of benzene rings is 2. The molecule has 2 amide bonds. The number of aliphatic carboxylic acids is 2. The fourth-order valence-corrected chi connectivity index (χ4v) is 3.77. The van der Waals surface area contributed by atoms with Crippen LogP contribution in [0.4, 0.5) is 36.8 Å². The minimum absolute atomic E-state index is 0.225. The van der Waals surface area contributed by atoms with Crippen molar-refractivity contribution in [2.45, 2.75) is 18.9 Å². The number of carbonyl (C=O) groups is 3. The summed E-state index contributed by atoms with van der Waals surface area (Å²) in [6.45, 7) is 5.05. The fraction of sp³-hybridized carbons (Fsp3) is 0.379. The molecule has 0 saturated carbocycles. The number of carbonyl (C=O) groups excluding carboxylic acids is 1. The summed E-state index contributed by atoms with van der Waals surface area (Å²) < 4.78 is 80.3. The van der Waals surface area contributed by atoms with Crippen LogP contribution in [0.15, 0.2) is 54.9 Å². The minimum Gasteiger partial charge on any atom is -0.497 e. The van der Waals surface area contributed by atoms with Gasteiger partial charge < -0.3 is 34.6 Å². The van der Waals surface area contributed by atoms with Crippen molar-refractivity contribution >= 4 is 23.7 Å². The number of rotatable bonds is 9. The van der Waals surface area contributed by atoms with Gasteiger partial charge in [-0.25, -0.2) is 14.4 Å². The van der Waals surface area contributed by atoms with E-state index in [0.717, 1.165) is 55.3 Å². The number of alkyl halides is 6. The Bertz CT molecular complexity index is 1440. The van der Waals surface area contributed by atoms with E-state index >= 15 is 0 Å². The van der Waals surface area contributed by atoms with Gasteiger partial charge in [0.2, 0.25) is 0 Å². The Morgan fingerprint density at radius 2 is 1.62 bits per heavy atom. The normalized spacial score (nSPS) is 13.2. The van der Waals surface area contributed by atoms with Gasteiger partial charge in [0.1, 0.15) is 18.1 Å². The molecule has 0 bridgehead atoms. The number of carboxylic acid groups (broad SMARTS) is 2. The third kappa shape index (κ3) is 13.8. The van der Waals surface area contributed by atoms with Gasteiger partial charge in [0.05, 0.1) is 32.2 Å². The van der Waals surface area contributed by atoms with Crippen LogP contribution in [-0.2, 0) is 20.9 Å². The summed E-state index contributed by atoms with van der Waals surface area (Å²) in [5.74, 6) is -4.13. The van der Waals surface area contributed by atoms with E-state index in [2.05, 4.69) is 20.4 Å². The van der Waals surface area contributed by atoms with Crippen LogP contribution < -0.4 is 14.8 Å². The summed E-state index contributed by atoms with van der Waals surface area (Å²) in [7, 11) is 3.39.